The van der Waals surface area contributed by atoms with Crippen LogP contribution in [0.5, 0.6) is 0 Å². The van der Waals surface area contributed by atoms with E-state index in [1.54, 1.807) is 6.20 Å². The molecule has 1 fully saturated rings. The molecule has 7 nitrogen and oxygen atoms in total. The fraction of sp³-hybridized carbons (Fsp3) is 0.520. The van der Waals surface area contributed by atoms with E-state index in [4.69, 9.17) is 4.42 Å². The van der Waals surface area contributed by atoms with E-state index >= 15 is 0 Å². The van der Waals surface area contributed by atoms with Crippen LogP contribution in [0, 0.1) is 0 Å². The van der Waals surface area contributed by atoms with Gasteiger partial charge in [-0.3, -0.25) is 9.69 Å². The standard InChI is InChI=1S/C25H35N5O2/c1-4-5-8-20(15-19-16-26-22-10-7-6-9-21(19)22)28-24(31)23-17-27-25(32-23)30-13-11-29(12-14-30)18(2)3/h6-7,9-10,16-18,20,26H,4-5,8,11-15H2,1-3H3,(H,28,31). The molecule has 0 bridgehead atoms. The minimum atomic E-state index is -0.189. The van der Waals surface area contributed by atoms with Crippen molar-refractivity contribution in [1.82, 2.24) is 20.2 Å². The summed E-state index contributed by atoms with van der Waals surface area (Å²) >= 11 is 0. The van der Waals surface area contributed by atoms with Gasteiger partial charge in [-0.2, -0.15) is 0 Å². The predicted octanol–water partition coefficient (Wildman–Crippen LogP) is 4.22. The fourth-order valence-electron chi connectivity index (χ4n) is 4.44. The lowest BCUT2D eigenvalue weighted by atomic mass is 10.0. The van der Waals surface area contributed by atoms with E-state index in [0.717, 1.165) is 57.4 Å². The number of aromatic amines is 1. The Kier molecular flexibility index (Phi) is 7.15. The number of H-pyrrole nitrogens is 1. The molecule has 1 amide bonds. The molecule has 0 radical (unpaired) electrons. The predicted molar refractivity (Wildman–Crippen MR) is 128 cm³/mol. The van der Waals surface area contributed by atoms with Crippen LogP contribution < -0.4 is 10.2 Å². The summed E-state index contributed by atoms with van der Waals surface area (Å²) in [6, 6.07) is 9.42. The van der Waals surface area contributed by atoms with Gasteiger partial charge < -0.3 is 19.6 Å². The van der Waals surface area contributed by atoms with Crippen LogP contribution in [0.4, 0.5) is 6.01 Å². The smallest absolute Gasteiger partial charge is 0.298 e. The van der Waals surface area contributed by atoms with E-state index in [1.807, 2.05) is 6.07 Å². The number of oxazole rings is 1. The number of rotatable bonds is 9. The first-order valence-corrected chi connectivity index (χ1v) is 11.9. The molecule has 2 N–H and O–H groups in total. The first kappa shape index (κ1) is 22.4. The Hall–Kier alpha value is -2.80. The maximum absolute atomic E-state index is 13.0. The van der Waals surface area contributed by atoms with E-state index in [-0.39, 0.29) is 17.7 Å². The molecule has 2 aromatic heterocycles. The van der Waals surface area contributed by atoms with Gasteiger partial charge in [-0.15, -0.1) is 0 Å². The van der Waals surface area contributed by atoms with Crippen molar-refractivity contribution in [3.63, 3.8) is 0 Å². The van der Waals surface area contributed by atoms with Crippen molar-refractivity contribution >= 4 is 22.8 Å². The van der Waals surface area contributed by atoms with Gasteiger partial charge in [-0.1, -0.05) is 38.0 Å². The normalized spacial score (nSPS) is 16.1. The number of hydrogen-bond acceptors (Lipinski definition) is 5. The molecule has 1 atom stereocenters. The summed E-state index contributed by atoms with van der Waals surface area (Å²) in [7, 11) is 0. The van der Waals surface area contributed by atoms with Gasteiger partial charge in [0.05, 0.1) is 6.20 Å². The van der Waals surface area contributed by atoms with E-state index in [2.05, 4.69) is 70.3 Å². The Morgan fingerprint density at radius 3 is 2.75 bits per heavy atom. The van der Waals surface area contributed by atoms with Gasteiger partial charge in [-0.25, -0.2) is 4.98 Å². The van der Waals surface area contributed by atoms with Crippen LogP contribution in [0.25, 0.3) is 10.9 Å². The quantitative estimate of drug-likeness (QED) is 0.524. The molecule has 3 heterocycles. The maximum Gasteiger partial charge on any atom is 0.298 e. The first-order valence-electron chi connectivity index (χ1n) is 11.9. The second kappa shape index (κ2) is 10.2. The number of anilines is 1. The molecule has 32 heavy (non-hydrogen) atoms. The molecule has 1 aromatic carbocycles. The highest BCUT2D eigenvalue weighted by atomic mass is 16.4. The number of nitrogens with zero attached hydrogens (tertiary/aromatic N) is 3. The lowest BCUT2D eigenvalue weighted by molar-refractivity contribution is 0.0906. The number of unbranched alkanes of at least 4 members (excludes halogenated alkanes) is 1. The van der Waals surface area contributed by atoms with E-state index in [9.17, 15) is 4.79 Å². The lowest BCUT2D eigenvalue weighted by Crippen LogP contribution is -2.49. The van der Waals surface area contributed by atoms with Gasteiger partial charge in [0.1, 0.15) is 0 Å². The molecule has 1 saturated heterocycles. The Balaban J connectivity index is 1.40. The highest BCUT2D eigenvalue weighted by Gasteiger charge is 2.24. The van der Waals surface area contributed by atoms with Crippen LogP contribution in [0.3, 0.4) is 0 Å². The van der Waals surface area contributed by atoms with Gasteiger partial charge in [0, 0.05) is 55.4 Å². The van der Waals surface area contributed by atoms with E-state index in [1.165, 1.54) is 10.9 Å². The number of hydrogen-bond donors (Lipinski definition) is 2. The highest BCUT2D eigenvalue weighted by Crippen LogP contribution is 2.21. The van der Waals surface area contributed by atoms with Crippen LogP contribution in [0.2, 0.25) is 0 Å². The zero-order valence-electron chi connectivity index (χ0n) is 19.4. The lowest BCUT2D eigenvalue weighted by Gasteiger charge is -2.36. The van der Waals surface area contributed by atoms with Crippen molar-refractivity contribution in [2.45, 2.75) is 58.5 Å². The summed E-state index contributed by atoms with van der Waals surface area (Å²) in [4.78, 5) is 25.3. The fourth-order valence-corrected chi connectivity index (χ4v) is 4.44. The number of fused-ring (bicyclic) bond motifs is 1. The van der Waals surface area contributed by atoms with E-state index in [0.29, 0.717) is 12.1 Å². The van der Waals surface area contributed by atoms with Gasteiger partial charge >= 0.3 is 0 Å². The van der Waals surface area contributed by atoms with Crippen LogP contribution >= 0.6 is 0 Å². The molecule has 172 valence electrons. The molecule has 1 aliphatic heterocycles. The maximum atomic E-state index is 13.0. The molecule has 3 aromatic rings. The number of aromatic nitrogens is 2. The monoisotopic (exact) mass is 437 g/mol. The topological polar surface area (TPSA) is 77.4 Å². The SMILES string of the molecule is CCCCC(Cc1c[nH]c2ccccc12)NC(=O)c1cnc(N2CCN(C(C)C)CC2)o1. The van der Waals surface area contributed by atoms with Crippen molar-refractivity contribution < 1.29 is 9.21 Å². The Bertz CT molecular complexity index is 1020. The molecule has 7 heteroatoms. The largest absolute Gasteiger partial charge is 0.418 e. The van der Waals surface area contributed by atoms with Crippen LogP contribution in [-0.4, -0.2) is 59.0 Å². The second-order valence-corrected chi connectivity index (χ2v) is 9.00. The number of nitrogens with one attached hydrogen (secondary N) is 2. The zero-order valence-corrected chi connectivity index (χ0v) is 19.4. The summed E-state index contributed by atoms with van der Waals surface area (Å²) in [5.41, 5.74) is 2.35. The average Bonchev–Trinajstić information content (AvgIpc) is 3.45. The molecule has 0 saturated carbocycles. The van der Waals surface area contributed by atoms with Gasteiger partial charge in [0.15, 0.2) is 0 Å². The highest BCUT2D eigenvalue weighted by molar-refractivity contribution is 5.91. The number of para-hydroxylation sites is 1. The Morgan fingerprint density at radius 1 is 1.22 bits per heavy atom. The van der Waals surface area contributed by atoms with Crippen LogP contribution in [0.1, 0.15) is 56.2 Å². The van der Waals surface area contributed by atoms with Crippen molar-refractivity contribution in [1.29, 1.82) is 0 Å². The summed E-state index contributed by atoms with van der Waals surface area (Å²) in [6.07, 6.45) is 7.49. The molecule has 1 aliphatic rings. The van der Waals surface area contributed by atoms with Gasteiger partial charge in [0.2, 0.25) is 5.76 Å². The van der Waals surface area contributed by atoms with Crippen molar-refractivity contribution in [3.8, 4) is 0 Å². The van der Waals surface area contributed by atoms with Gasteiger partial charge in [0.25, 0.3) is 11.9 Å². The number of piperazine rings is 1. The third-order valence-electron chi connectivity index (χ3n) is 6.41. The second-order valence-electron chi connectivity index (χ2n) is 9.00. The summed E-state index contributed by atoms with van der Waals surface area (Å²) in [5.74, 6) is 0.0947. The minimum Gasteiger partial charge on any atom is -0.418 e. The molecule has 1 unspecified atom stereocenters. The Labute approximate surface area is 190 Å². The average molecular weight is 438 g/mol. The third kappa shape index (κ3) is 5.15. The van der Waals surface area contributed by atoms with Crippen LogP contribution in [-0.2, 0) is 6.42 Å². The summed E-state index contributed by atoms with van der Waals surface area (Å²) in [6.45, 7) is 10.3. The molecular formula is C25H35N5O2. The summed E-state index contributed by atoms with van der Waals surface area (Å²) in [5, 5.41) is 4.41. The number of amides is 1. The molecular weight excluding hydrogens is 402 g/mol. The number of benzene rings is 1. The Morgan fingerprint density at radius 2 is 2.00 bits per heavy atom. The molecule has 4 rings (SSSR count). The van der Waals surface area contributed by atoms with Crippen molar-refractivity contribution in [3.05, 3.63) is 48.0 Å². The van der Waals surface area contributed by atoms with Gasteiger partial charge in [-0.05, 0) is 38.3 Å². The molecule has 0 aliphatic carbocycles. The van der Waals surface area contributed by atoms with Crippen molar-refractivity contribution in [2.24, 2.45) is 0 Å². The van der Waals surface area contributed by atoms with Crippen LogP contribution in [0.15, 0.2) is 41.1 Å². The summed E-state index contributed by atoms with van der Waals surface area (Å²) < 4.78 is 5.87. The minimum absolute atomic E-state index is 0.0461. The molecule has 0 spiro atoms. The van der Waals surface area contributed by atoms with E-state index < -0.39 is 0 Å². The first-order chi connectivity index (χ1) is 15.5. The van der Waals surface area contributed by atoms with Crippen molar-refractivity contribution in [2.75, 3.05) is 31.1 Å². The number of carbonyl (C=O) groups excluding carboxylic acids is 1. The third-order valence-corrected chi connectivity index (χ3v) is 6.41. The zero-order chi connectivity index (χ0) is 22.5. The number of carbonyl (C=O) groups is 1.